The molecule has 2 rings (SSSR count). The van der Waals surface area contributed by atoms with E-state index in [0.717, 1.165) is 18.2 Å². The van der Waals surface area contributed by atoms with Crippen molar-refractivity contribution in [3.8, 4) is 0 Å². The summed E-state index contributed by atoms with van der Waals surface area (Å²) < 4.78 is 10.3. The summed E-state index contributed by atoms with van der Waals surface area (Å²) in [5.74, 6) is -0.209. The van der Waals surface area contributed by atoms with Crippen molar-refractivity contribution in [2.75, 3.05) is 30.8 Å². The third-order valence-corrected chi connectivity index (χ3v) is 3.81. The molecule has 2 N–H and O–H groups in total. The molecule has 0 spiro atoms. The summed E-state index contributed by atoms with van der Waals surface area (Å²) in [4.78, 5) is 18.2. The largest absolute Gasteiger partial charge is 0.465 e. The van der Waals surface area contributed by atoms with Crippen molar-refractivity contribution in [3.63, 3.8) is 0 Å². The SMILES string of the molecule is COC(=O)c1sc(N2C[C@@H](C)O[C@H](C)C2)nc1N. The van der Waals surface area contributed by atoms with Crippen LogP contribution in [0.5, 0.6) is 0 Å². The summed E-state index contributed by atoms with van der Waals surface area (Å²) in [6.07, 6.45) is 0.279. The van der Waals surface area contributed by atoms with Gasteiger partial charge >= 0.3 is 5.97 Å². The maximum Gasteiger partial charge on any atom is 0.351 e. The zero-order valence-electron chi connectivity index (χ0n) is 10.7. The minimum absolute atomic E-state index is 0.139. The van der Waals surface area contributed by atoms with Crippen molar-refractivity contribution in [1.29, 1.82) is 0 Å². The average molecular weight is 271 g/mol. The van der Waals surface area contributed by atoms with Gasteiger partial charge in [0, 0.05) is 13.1 Å². The lowest BCUT2D eigenvalue weighted by molar-refractivity contribution is -0.00522. The monoisotopic (exact) mass is 271 g/mol. The highest BCUT2D eigenvalue weighted by Crippen LogP contribution is 2.30. The number of anilines is 2. The number of nitrogen functional groups attached to an aromatic ring is 1. The normalized spacial score (nSPS) is 24.1. The van der Waals surface area contributed by atoms with Gasteiger partial charge < -0.3 is 20.1 Å². The van der Waals surface area contributed by atoms with Crippen molar-refractivity contribution >= 4 is 28.3 Å². The number of thiazole rings is 1. The zero-order chi connectivity index (χ0) is 13.3. The van der Waals surface area contributed by atoms with Gasteiger partial charge in [-0.15, -0.1) is 0 Å². The molecule has 0 bridgehead atoms. The first-order valence-electron chi connectivity index (χ1n) is 5.76. The molecule has 2 heterocycles. The maximum atomic E-state index is 11.5. The Morgan fingerprint density at radius 1 is 1.50 bits per heavy atom. The number of nitrogens with two attached hydrogens (primary N) is 1. The second-order valence-corrected chi connectivity index (χ2v) is 5.34. The van der Waals surface area contributed by atoms with E-state index in [2.05, 4.69) is 14.6 Å². The zero-order valence-corrected chi connectivity index (χ0v) is 11.5. The van der Waals surface area contributed by atoms with Gasteiger partial charge in [0.05, 0.1) is 19.3 Å². The predicted octanol–water partition coefficient (Wildman–Crippen LogP) is 1.13. The van der Waals surface area contributed by atoms with Crippen molar-refractivity contribution in [2.45, 2.75) is 26.1 Å². The van der Waals surface area contributed by atoms with Crippen LogP contribution in [0.1, 0.15) is 23.5 Å². The topological polar surface area (TPSA) is 77.7 Å². The number of hydrogen-bond donors (Lipinski definition) is 1. The Morgan fingerprint density at radius 3 is 2.67 bits per heavy atom. The highest BCUT2D eigenvalue weighted by atomic mass is 32.1. The van der Waals surface area contributed by atoms with E-state index >= 15 is 0 Å². The lowest BCUT2D eigenvalue weighted by atomic mass is 10.2. The number of carbonyl (C=O) groups is 1. The first-order chi connectivity index (χ1) is 8.51. The number of nitrogens with zero attached hydrogens (tertiary/aromatic N) is 2. The van der Waals surface area contributed by atoms with Crippen LogP contribution >= 0.6 is 11.3 Å². The molecule has 7 heteroatoms. The number of morpholine rings is 1. The Labute approximate surface area is 110 Å². The number of ether oxygens (including phenoxy) is 2. The highest BCUT2D eigenvalue weighted by Gasteiger charge is 2.26. The second-order valence-electron chi connectivity index (χ2n) is 4.36. The molecule has 100 valence electrons. The molecule has 1 aromatic heterocycles. The average Bonchev–Trinajstić information content (AvgIpc) is 2.69. The van der Waals surface area contributed by atoms with Crippen LogP contribution in [-0.2, 0) is 9.47 Å². The smallest absolute Gasteiger partial charge is 0.351 e. The summed E-state index contributed by atoms with van der Waals surface area (Å²) in [6, 6.07) is 0. The summed E-state index contributed by atoms with van der Waals surface area (Å²) in [7, 11) is 1.33. The van der Waals surface area contributed by atoms with Crippen LogP contribution in [0.3, 0.4) is 0 Å². The molecule has 0 saturated carbocycles. The van der Waals surface area contributed by atoms with Gasteiger partial charge in [-0.05, 0) is 13.8 Å². The third kappa shape index (κ3) is 2.56. The van der Waals surface area contributed by atoms with Crippen molar-refractivity contribution in [3.05, 3.63) is 4.88 Å². The lowest BCUT2D eigenvalue weighted by Gasteiger charge is -2.35. The van der Waals surface area contributed by atoms with E-state index < -0.39 is 5.97 Å². The fourth-order valence-electron chi connectivity index (χ4n) is 2.03. The Bertz CT molecular complexity index is 439. The first-order valence-corrected chi connectivity index (χ1v) is 6.58. The van der Waals surface area contributed by atoms with Crippen LogP contribution in [0.25, 0.3) is 0 Å². The molecule has 1 aliphatic rings. The Balaban J connectivity index is 2.21. The molecule has 1 aromatic rings. The van der Waals surface area contributed by atoms with Crippen LogP contribution in [0.4, 0.5) is 10.9 Å². The second kappa shape index (κ2) is 5.11. The molecular formula is C11H17N3O3S. The third-order valence-electron chi connectivity index (χ3n) is 2.70. The van der Waals surface area contributed by atoms with Crippen LogP contribution in [0.2, 0.25) is 0 Å². The number of esters is 1. The molecule has 2 atom stereocenters. The van der Waals surface area contributed by atoms with E-state index in [0.29, 0.717) is 4.88 Å². The van der Waals surface area contributed by atoms with Gasteiger partial charge in [-0.1, -0.05) is 11.3 Å². The fourth-order valence-corrected chi connectivity index (χ4v) is 2.95. The van der Waals surface area contributed by atoms with E-state index in [1.54, 1.807) is 0 Å². The number of methoxy groups -OCH3 is 1. The molecule has 0 radical (unpaired) electrons. The molecule has 1 aliphatic heterocycles. The molecular weight excluding hydrogens is 254 g/mol. The number of rotatable bonds is 2. The number of aromatic nitrogens is 1. The quantitative estimate of drug-likeness (QED) is 0.812. The molecule has 0 aromatic carbocycles. The van der Waals surface area contributed by atoms with E-state index in [-0.39, 0.29) is 18.0 Å². The molecule has 0 unspecified atom stereocenters. The molecule has 1 fully saturated rings. The van der Waals surface area contributed by atoms with E-state index in [1.165, 1.54) is 18.4 Å². The van der Waals surface area contributed by atoms with Gasteiger partial charge in [0.1, 0.15) is 0 Å². The number of carbonyl (C=O) groups excluding carboxylic acids is 1. The van der Waals surface area contributed by atoms with Crippen LogP contribution in [0.15, 0.2) is 0 Å². The van der Waals surface area contributed by atoms with Crippen LogP contribution in [0, 0.1) is 0 Å². The molecule has 6 nitrogen and oxygen atoms in total. The summed E-state index contributed by atoms with van der Waals surface area (Å²) in [5, 5.41) is 0.745. The van der Waals surface area contributed by atoms with E-state index in [9.17, 15) is 4.79 Å². The van der Waals surface area contributed by atoms with Gasteiger partial charge in [0.15, 0.2) is 15.8 Å². The minimum atomic E-state index is -0.439. The standard InChI is InChI=1S/C11H17N3O3S/c1-6-4-14(5-7(2)17-6)11-13-9(12)8(18-11)10(15)16-3/h6-7H,4-5,12H2,1-3H3/t6-,7-/m1/s1. The van der Waals surface area contributed by atoms with Gasteiger partial charge in [0.25, 0.3) is 0 Å². The Hall–Kier alpha value is -1.34. The summed E-state index contributed by atoms with van der Waals surface area (Å²) >= 11 is 1.26. The minimum Gasteiger partial charge on any atom is -0.465 e. The lowest BCUT2D eigenvalue weighted by Crippen LogP contribution is -2.45. The fraction of sp³-hybridized carbons (Fsp3) is 0.636. The highest BCUT2D eigenvalue weighted by molar-refractivity contribution is 7.18. The van der Waals surface area contributed by atoms with Crippen LogP contribution < -0.4 is 10.6 Å². The van der Waals surface area contributed by atoms with Crippen molar-refractivity contribution in [1.82, 2.24) is 4.98 Å². The molecule has 1 saturated heterocycles. The summed E-state index contributed by atoms with van der Waals surface area (Å²) in [6.45, 7) is 5.53. The predicted molar refractivity (Wildman–Crippen MR) is 70.1 cm³/mol. The van der Waals surface area contributed by atoms with Crippen LogP contribution in [-0.4, -0.2) is 43.4 Å². The van der Waals surface area contributed by atoms with Gasteiger partial charge in [-0.3, -0.25) is 0 Å². The molecule has 0 amide bonds. The number of hydrogen-bond acceptors (Lipinski definition) is 7. The van der Waals surface area contributed by atoms with Crippen molar-refractivity contribution in [2.24, 2.45) is 0 Å². The van der Waals surface area contributed by atoms with Gasteiger partial charge in [-0.25, -0.2) is 9.78 Å². The molecule has 18 heavy (non-hydrogen) atoms. The molecule has 0 aliphatic carbocycles. The van der Waals surface area contributed by atoms with E-state index in [4.69, 9.17) is 10.5 Å². The first kappa shape index (κ1) is 13.1. The Morgan fingerprint density at radius 2 is 2.11 bits per heavy atom. The van der Waals surface area contributed by atoms with Gasteiger partial charge in [0.2, 0.25) is 0 Å². The maximum absolute atomic E-state index is 11.5. The van der Waals surface area contributed by atoms with Crippen molar-refractivity contribution < 1.29 is 14.3 Å². The Kier molecular flexibility index (Phi) is 3.72. The van der Waals surface area contributed by atoms with Gasteiger partial charge in [-0.2, -0.15) is 0 Å². The van der Waals surface area contributed by atoms with E-state index in [1.807, 2.05) is 13.8 Å². The summed E-state index contributed by atoms with van der Waals surface area (Å²) in [5.41, 5.74) is 5.73.